The lowest BCUT2D eigenvalue weighted by Gasteiger charge is -2.46. The summed E-state index contributed by atoms with van der Waals surface area (Å²) in [6.45, 7) is 3.18. The lowest BCUT2D eigenvalue weighted by molar-refractivity contribution is -0.192. The van der Waals surface area contributed by atoms with Crippen LogP contribution in [0, 0.1) is 11.8 Å². The van der Waals surface area contributed by atoms with Gasteiger partial charge in [-0.2, -0.15) is 13.2 Å². The van der Waals surface area contributed by atoms with Gasteiger partial charge >= 0.3 is 12.1 Å². The molecule has 2 saturated heterocycles. The molecular weight excluding hydrogens is 393 g/mol. The number of hydrogen-bond donors (Lipinski definition) is 2. The summed E-state index contributed by atoms with van der Waals surface area (Å²) in [5.41, 5.74) is 0. The predicted molar refractivity (Wildman–Crippen MR) is 94.8 cm³/mol. The first-order valence-corrected chi connectivity index (χ1v) is 9.71. The molecule has 2 N–H and O–H groups in total. The molecule has 2 aliphatic heterocycles. The van der Waals surface area contributed by atoms with Crippen LogP contribution in [-0.2, 0) is 20.9 Å². The Labute approximate surface area is 166 Å². The number of amides is 1. The number of carboxylic acids is 1. The molecule has 7 nitrogen and oxygen atoms in total. The highest BCUT2D eigenvalue weighted by atomic mass is 19.4. The Bertz CT molecular complexity index is 691. The summed E-state index contributed by atoms with van der Waals surface area (Å²) in [4.78, 5) is 24.1. The molecule has 1 amide bonds. The van der Waals surface area contributed by atoms with Crippen molar-refractivity contribution in [3.63, 3.8) is 0 Å². The van der Waals surface area contributed by atoms with Crippen molar-refractivity contribution < 1.29 is 37.0 Å². The minimum Gasteiger partial charge on any atom is -0.475 e. The van der Waals surface area contributed by atoms with Crippen LogP contribution in [0.4, 0.5) is 13.2 Å². The Morgan fingerprint density at radius 1 is 1.24 bits per heavy atom. The monoisotopic (exact) mass is 418 g/mol. The van der Waals surface area contributed by atoms with E-state index < -0.39 is 12.1 Å². The van der Waals surface area contributed by atoms with E-state index in [-0.39, 0.29) is 17.9 Å². The Hall–Kier alpha value is -2.07. The molecule has 1 aromatic rings. The number of halogens is 3. The van der Waals surface area contributed by atoms with E-state index in [2.05, 4.69) is 10.2 Å². The van der Waals surface area contributed by atoms with Gasteiger partial charge in [0.15, 0.2) is 0 Å². The lowest BCUT2D eigenvalue weighted by atomic mass is 9.79. The average molecular weight is 418 g/mol. The average Bonchev–Trinajstić information content (AvgIpc) is 3.28. The normalized spacial score (nSPS) is 27.3. The molecule has 0 spiro atoms. The number of aliphatic carboxylic acids is 1. The second kappa shape index (κ2) is 9.17. The van der Waals surface area contributed by atoms with Gasteiger partial charge in [-0.25, -0.2) is 4.79 Å². The van der Waals surface area contributed by atoms with Gasteiger partial charge in [-0.05, 0) is 31.4 Å². The highest BCUT2D eigenvalue weighted by molar-refractivity contribution is 5.79. The number of carbonyl (C=O) groups excluding carboxylic acids is 1. The second-order valence-electron chi connectivity index (χ2n) is 7.61. The highest BCUT2D eigenvalue weighted by Crippen LogP contribution is 2.37. The van der Waals surface area contributed by atoms with E-state index in [1.54, 1.807) is 6.26 Å². The number of carboxylic acid groups (broad SMARTS) is 1. The van der Waals surface area contributed by atoms with Crippen molar-refractivity contribution in [1.29, 1.82) is 0 Å². The number of carbonyl (C=O) groups is 2. The van der Waals surface area contributed by atoms with E-state index in [1.165, 1.54) is 19.3 Å². The van der Waals surface area contributed by atoms with Gasteiger partial charge in [0.2, 0.25) is 5.91 Å². The van der Waals surface area contributed by atoms with Crippen LogP contribution in [0.5, 0.6) is 0 Å². The van der Waals surface area contributed by atoms with E-state index >= 15 is 0 Å². The van der Waals surface area contributed by atoms with E-state index in [0.29, 0.717) is 18.5 Å². The molecule has 3 fully saturated rings. The minimum absolute atomic E-state index is 0.0526. The first-order valence-electron chi connectivity index (χ1n) is 9.71. The third-order valence-corrected chi connectivity index (χ3v) is 5.81. The van der Waals surface area contributed by atoms with Gasteiger partial charge < -0.3 is 19.6 Å². The number of ether oxygens (including phenoxy) is 1. The maximum Gasteiger partial charge on any atom is 0.490 e. The van der Waals surface area contributed by atoms with Crippen molar-refractivity contribution in [2.24, 2.45) is 11.8 Å². The minimum atomic E-state index is -5.08. The van der Waals surface area contributed by atoms with E-state index in [4.69, 9.17) is 19.1 Å². The Balaban J connectivity index is 0.000000298. The summed E-state index contributed by atoms with van der Waals surface area (Å²) < 4.78 is 42.9. The molecule has 1 aromatic heterocycles. The van der Waals surface area contributed by atoms with Crippen LogP contribution in [0.1, 0.15) is 31.4 Å². The fourth-order valence-corrected chi connectivity index (χ4v) is 4.05. The third kappa shape index (κ3) is 5.51. The van der Waals surface area contributed by atoms with Gasteiger partial charge in [0, 0.05) is 31.7 Å². The summed E-state index contributed by atoms with van der Waals surface area (Å²) >= 11 is 0. The fraction of sp³-hybridized carbons (Fsp3) is 0.684. The van der Waals surface area contributed by atoms with E-state index in [1.807, 2.05) is 12.1 Å². The summed E-state index contributed by atoms with van der Waals surface area (Å²) in [5.74, 6) is -1.36. The zero-order chi connectivity index (χ0) is 21.0. The van der Waals surface area contributed by atoms with Crippen LogP contribution in [0.15, 0.2) is 22.8 Å². The van der Waals surface area contributed by atoms with Crippen molar-refractivity contribution in [3.8, 4) is 0 Å². The van der Waals surface area contributed by atoms with E-state index in [9.17, 15) is 18.0 Å². The number of alkyl halides is 3. The lowest BCUT2D eigenvalue weighted by Crippen LogP contribution is -2.56. The Morgan fingerprint density at radius 2 is 1.97 bits per heavy atom. The van der Waals surface area contributed by atoms with E-state index in [0.717, 1.165) is 31.9 Å². The first kappa shape index (κ1) is 21.6. The third-order valence-electron chi connectivity index (χ3n) is 5.81. The Morgan fingerprint density at radius 3 is 2.52 bits per heavy atom. The van der Waals surface area contributed by atoms with Crippen molar-refractivity contribution in [2.45, 2.75) is 50.6 Å². The predicted octanol–water partition coefficient (Wildman–Crippen LogP) is 2.42. The molecule has 3 heterocycles. The van der Waals surface area contributed by atoms with Gasteiger partial charge in [0.25, 0.3) is 0 Å². The van der Waals surface area contributed by atoms with Crippen LogP contribution < -0.4 is 5.32 Å². The number of nitrogens with one attached hydrogen (secondary N) is 1. The molecule has 162 valence electrons. The maximum atomic E-state index is 12.7. The van der Waals surface area contributed by atoms with Crippen molar-refractivity contribution in [2.75, 3.05) is 19.7 Å². The van der Waals surface area contributed by atoms with Gasteiger partial charge in [-0.3, -0.25) is 9.69 Å². The van der Waals surface area contributed by atoms with Gasteiger partial charge in [-0.1, -0.05) is 6.42 Å². The van der Waals surface area contributed by atoms with Crippen LogP contribution >= 0.6 is 0 Å². The summed E-state index contributed by atoms with van der Waals surface area (Å²) in [7, 11) is 0. The fourth-order valence-electron chi connectivity index (χ4n) is 4.05. The van der Waals surface area contributed by atoms with Gasteiger partial charge in [-0.15, -0.1) is 0 Å². The van der Waals surface area contributed by atoms with Crippen LogP contribution in [0.25, 0.3) is 0 Å². The van der Waals surface area contributed by atoms with Crippen LogP contribution in [0.2, 0.25) is 0 Å². The zero-order valence-electron chi connectivity index (χ0n) is 15.9. The van der Waals surface area contributed by atoms with Crippen molar-refractivity contribution in [3.05, 3.63) is 24.2 Å². The number of fused-ring (bicyclic) bond motifs is 1. The first-order chi connectivity index (χ1) is 13.8. The molecule has 0 aromatic carbocycles. The number of furan rings is 1. The summed E-state index contributed by atoms with van der Waals surface area (Å²) in [6, 6.07) is 4.41. The van der Waals surface area contributed by atoms with Gasteiger partial charge in [0.1, 0.15) is 5.76 Å². The topological polar surface area (TPSA) is 92.0 Å². The molecule has 1 aliphatic carbocycles. The summed E-state index contributed by atoms with van der Waals surface area (Å²) in [6.07, 6.45) is 1.69. The Kier molecular flexibility index (Phi) is 6.84. The molecule has 3 atom stereocenters. The van der Waals surface area contributed by atoms with Crippen LogP contribution in [-0.4, -0.2) is 59.9 Å². The molecule has 0 bridgehead atoms. The summed E-state index contributed by atoms with van der Waals surface area (Å²) in [5, 5.41) is 10.2. The molecule has 3 aliphatic rings. The number of rotatable bonds is 4. The van der Waals surface area contributed by atoms with Gasteiger partial charge in [0.05, 0.1) is 24.8 Å². The van der Waals surface area contributed by atoms with Crippen molar-refractivity contribution in [1.82, 2.24) is 10.2 Å². The maximum absolute atomic E-state index is 12.7. The molecular formula is C19H25F3N2O5. The standard InChI is InChI=1S/C17H24N2O3.C2HF3O2/c20-17(18-9-13-5-2-7-21-13)15-10-19(12-3-1-4-12)11-16-14(15)6-8-22-16;3-2(4,5)1(6)7/h2,5,7,12,14-16H,1,3-4,6,8-11H2,(H,18,20);(H,6,7)/t14-,15+,16+;/m0./s1. The number of likely N-dealkylation sites (tertiary alicyclic amines) is 1. The number of hydrogen-bond acceptors (Lipinski definition) is 5. The molecule has 0 radical (unpaired) electrons. The molecule has 1 saturated carbocycles. The molecule has 10 heteroatoms. The number of piperidine rings is 1. The zero-order valence-corrected chi connectivity index (χ0v) is 15.9. The highest BCUT2D eigenvalue weighted by Gasteiger charge is 2.45. The van der Waals surface area contributed by atoms with Crippen LogP contribution in [0.3, 0.4) is 0 Å². The second-order valence-corrected chi connectivity index (χ2v) is 7.61. The number of nitrogens with zero attached hydrogens (tertiary/aromatic N) is 1. The SMILES string of the molecule is O=C(NCc1ccco1)[C@@H]1CN(C2CCC2)C[C@H]2OCC[C@H]21.O=C(O)C(F)(F)F. The van der Waals surface area contributed by atoms with Crippen molar-refractivity contribution >= 4 is 11.9 Å². The quantitative estimate of drug-likeness (QED) is 0.780. The molecule has 0 unspecified atom stereocenters. The molecule has 4 rings (SSSR count). The smallest absolute Gasteiger partial charge is 0.475 e. The molecule has 29 heavy (non-hydrogen) atoms. The largest absolute Gasteiger partial charge is 0.490 e.